The molecule has 0 aromatic heterocycles. The Morgan fingerprint density at radius 3 is 1.71 bits per heavy atom. The van der Waals surface area contributed by atoms with Crippen molar-refractivity contribution in [1.82, 2.24) is 9.80 Å². The largest absolute Gasteiger partial charge is 0.508 e. The Morgan fingerprint density at radius 1 is 0.762 bits per heavy atom. The van der Waals surface area contributed by atoms with Crippen molar-refractivity contribution < 1.29 is 51.8 Å². The van der Waals surface area contributed by atoms with Gasteiger partial charge >= 0.3 is 0 Å². The number of carbonyl (C=O) groups is 3. The quantitative estimate of drug-likeness (QED) is 0.0791. The minimum absolute atomic E-state index is 0.0227. The summed E-state index contributed by atoms with van der Waals surface area (Å²) in [6.45, 7) is 16.5. The van der Waals surface area contributed by atoms with Crippen molar-refractivity contribution in [1.29, 1.82) is 0 Å². The zero-order valence-electron chi connectivity index (χ0n) is 40.4. The van der Waals surface area contributed by atoms with E-state index in [0.717, 1.165) is 25.7 Å². The summed E-state index contributed by atoms with van der Waals surface area (Å²) in [4.78, 5) is 42.7. The summed E-state index contributed by atoms with van der Waals surface area (Å²) in [7, 11) is 0. The number of fused-ring (bicyclic) bond motifs is 6. The van der Waals surface area contributed by atoms with E-state index >= 15 is 0 Å². The van der Waals surface area contributed by atoms with Crippen molar-refractivity contribution in [3.63, 3.8) is 0 Å². The van der Waals surface area contributed by atoms with E-state index in [0.29, 0.717) is 48.1 Å². The summed E-state index contributed by atoms with van der Waals surface area (Å²) in [6, 6.07) is -0.718. The molecule has 12 nitrogen and oxygen atoms in total. The number of ether oxygens (including phenoxy) is 3. The standard InChI is InChI=1S/C51H68N2O10/c1-31(2)14-9-16-33(5)18-11-21-50(7)43(57)26-37-41(55)24-35-39(46(37)62-50)28-52(48(35)59)23-13-20-45(61-30-54)53-29-40-36(49(53)60)25-42(56)38-27-44(58)51(8,63-47(38)40)22-12-19-34(6)17-10-15-32(3)4/h14-15,18-19,24-25,30,43-45,55-58H,9-13,16-17,20-23,26-29H2,1-8H3/b33-18+,34-19+/t43-,44-,45+,50-,51-/m0/s1/i24D,25D. The zero-order chi connectivity index (χ0) is 47.5. The molecule has 2 aromatic rings. The molecule has 342 valence electrons. The van der Waals surface area contributed by atoms with Gasteiger partial charge in [0.05, 0.1) is 39.2 Å². The lowest BCUT2D eigenvalue weighted by Gasteiger charge is -2.41. The predicted molar refractivity (Wildman–Crippen MR) is 242 cm³/mol. The maximum Gasteiger partial charge on any atom is 0.295 e. The van der Waals surface area contributed by atoms with Gasteiger partial charge in [0.1, 0.15) is 34.2 Å². The number of hydrogen-bond donors (Lipinski definition) is 4. The zero-order valence-corrected chi connectivity index (χ0v) is 38.4. The Hall–Kier alpha value is -5.07. The molecule has 6 rings (SSSR count). The van der Waals surface area contributed by atoms with E-state index in [1.54, 1.807) is 6.92 Å². The smallest absolute Gasteiger partial charge is 0.295 e. The van der Waals surface area contributed by atoms with Gasteiger partial charge in [-0.2, -0.15) is 0 Å². The van der Waals surface area contributed by atoms with Crippen LogP contribution in [0.2, 0.25) is 0 Å². The van der Waals surface area contributed by atoms with Gasteiger partial charge in [-0.15, -0.1) is 0 Å². The van der Waals surface area contributed by atoms with Crippen molar-refractivity contribution in [2.45, 2.75) is 175 Å². The molecule has 63 heavy (non-hydrogen) atoms. The fraction of sp³-hybridized carbons (Fsp3) is 0.549. The first-order valence-corrected chi connectivity index (χ1v) is 22.5. The first-order chi connectivity index (χ1) is 30.7. The van der Waals surface area contributed by atoms with Crippen molar-refractivity contribution in [3.05, 3.63) is 92.1 Å². The second kappa shape index (κ2) is 19.8. The molecule has 0 unspecified atom stereocenters. The monoisotopic (exact) mass is 870 g/mol. The number of benzene rings is 2. The van der Waals surface area contributed by atoms with Crippen molar-refractivity contribution >= 4 is 18.3 Å². The van der Waals surface area contributed by atoms with E-state index < -0.39 is 59.0 Å². The molecule has 0 fully saturated rings. The number of aliphatic hydroxyl groups is 2. The Kier molecular flexibility index (Phi) is 14.0. The van der Waals surface area contributed by atoms with E-state index in [4.69, 9.17) is 17.0 Å². The molecule has 0 radical (unpaired) electrons. The molecule has 0 bridgehead atoms. The summed E-state index contributed by atoms with van der Waals surface area (Å²) in [5.41, 5.74) is 4.31. The summed E-state index contributed by atoms with van der Waals surface area (Å²) in [5.74, 6) is -1.36. The van der Waals surface area contributed by atoms with Gasteiger partial charge in [0.15, 0.2) is 6.23 Å². The molecule has 0 spiro atoms. The fourth-order valence-corrected chi connectivity index (χ4v) is 9.12. The van der Waals surface area contributed by atoms with Crippen LogP contribution < -0.4 is 9.47 Å². The number of amides is 2. The highest BCUT2D eigenvalue weighted by Crippen LogP contribution is 2.48. The minimum atomic E-state index is -1.09. The first kappa shape index (κ1) is 44.5. The molecule has 12 heteroatoms. The molecule has 0 saturated carbocycles. The fourth-order valence-electron chi connectivity index (χ4n) is 9.12. The molecule has 0 saturated heterocycles. The van der Waals surface area contributed by atoms with Crippen LogP contribution >= 0.6 is 0 Å². The van der Waals surface area contributed by atoms with Gasteiger partial charge in [-0.05, 0) is 125 Å². The third-order valence-corrected chi connectivity index (χ3v) is 13.2. The maximum atomic E-state index is 14.1. The van der Waals surface area contributed by atoms with Crippen LogP contribution in [0, 0.1) is 0 Å². The van der Waals surface area contributed by atoms with Crippen LogP contribution in [-0.4, -0.2) is 84.7 Å². The lowest BCUT2D eigenvalue weighted by molar-refractivity contribution is -0.141. The Morgan fingerprint density at radius 2 is 1.24 bits per heavy atom. The summed E-state index contributed by atoms with van der Waals surface area (Å²) in [5, 5.41) is 44.9. The number of phenolic OH excluding ortho intramolecular Hbond substituents is 2. The van der Waals surface area contributed by atoms with Gasteiger partial charge in [-0.3, -0.25) is 19.3 Å². The van der Waals surface area contributed by atoms with Crippen LogP contribution in [0.15, 0.2) is 58.7 Å². The molecule has 4 heterocycles. The number of aromatic hydroxyl groups is 2. The van der Waals surface area contributed by atoms with Crippen LogP contribution in [0.3, 0.4) is 0 Å². The minimum Gasteiger partial charge on any atom is -0.508 e. The first-order valence-electron chi connectivity index (χ1n) is 23.5. The van der Waals surface area contributed by atoms with E-state index in [9.17, 15) is 34.8 Å². The average molecular weight is 871 g/mol. The molecule has 4 aliphatic heterocycles. The van der Waals surface area contributed by atoms with Gasteiger partial charge in [0, 0.05) is 48.1 Å². The number of phenols is 2. The van der Waals surface area contributed by atoms with Crippen LogP contribution in [0.5, 0.6) is 23.0 Å². The highest BCUT2D eigenvalue weighted by atomic mass is 16.5. The van der Waals surface area contributed by atoms with Crippen LogP contribution in [0.25, 0.3) is 0 Å². The number of rotatable bonds is 19. The van der Waals surface area contributed by atoms with E-state index in [1.807, 2.05) is 6.92 Å². The average Bonchev–Trinajstić information content (AvgIpc) is 3.76. The predicted octanol–water partition coefficient (Wildman–Crippen LogP) is 9.04. The van der Waals surface area contributed by atoms with Gasteiger partial charge in [0.25, 0.3) is 18.3 Å². The van der Waals surface area contributed by atoms with E-state index in [-0.39, 0.29) is 80.3 Å². The van der Waals surface area contributed by atoms with Gasteiger partial charge in [-0.25, -0.2) is 0 Å². The SMILES string of the molecule is [2H]c1c(O)c2c(c3c1C(=O)N(CCC[C@@H](OC=O)N1Cc4c5c(c(O)c([2H])c4C1=O)C[C@H](O)[C@](C)(CC/C=C(\C)CCC=C(C)C)O5)C3)O[C@@](C)(CC/C=C(\C)CCC=C(C)C)[C@@H](O)C2. The second-order valence-electron chi connectivity index (χ2n) is 18.8. The third-order valence-electron chi connectivity index (χ3n) is 13.2. The normalized spacial score (nSPS) is 23.7. The topological polar surface area (TPSA) is 166 Å². The maximum absolute atomic E-state index is 14.1. The van der Waals surface area contributed by atoms with Gasteiger partial charge in [0.2, 0.25) is 0 Å². The number of carbonyl (C=O) groups excluding carboxylic acids is 3. The lowest BCUT2D eigenvalue weighted by atomic mass is 9.84. The highest BCUT2D eigenvalue weighted by Gasteiger charge is 2.46. The van der Waals surface area contributed by atoms with E-state index in [2.05, 4.69) is 65.8 Å². The van der Waals surface area contributed by atoms with Crippen molar-refractivity contribution in [3.8, 4) is 23.0 Å². The Labute approximate surface area is 375 Å². The van der Waals surface area contributed by atoms with Gasteiger partial charge < -0.3 is 39.5 Å². The van der Waals surface area contributed by atoms with E-state index in [1.165, 1.54) is 32.1 Å². The van der Waals surface area contributed by atoms with Gasteiger partial charge in [-0.1, -0.05) is 46.6 Å². The molecule has 5 atom stereocenters. The van der Waals surface area contributed by atoms with Crippen LogP contribution in [0.1, 0.15) is 165 Å². The van der Waals surface area contributed by atoms with Crippen molar-refractivity contribution in [2.75, 3.05) is 6.54 Å². The molecule has 4 N–H and O–H groups in total. The number of aliphatic hydroxyl groups excluding tert-OH is 2. The molecular formula is C51H68N2O10. The molecule has 2 aromatic carbocycles. The Balaban J connectivity index is 1.14. The van der Waals surface area contributed by atoms with Crippen LogP contribution in [0.4, 0.5) is 0 Å². The van der Waals surface area contributed by atoms with Crippen molar-refractivity contribution in [2.24, 2.45) is 0 Å². The number of allylic oxidation sites excluding steroid dienone is 8. The Bertz CT molecular complexity index is 2310. The molecule has 0 aliphatic carbocycles. The van der Waals surface area contributed by atoms with Crippen LogP contribution in [-0.2, 0) is 35.5 Å². The number of hydrogen-bond acceptors (Lipinski definition) is 10. The third kappa shape index (κ3) is 10.5. The molecule has 2 amide bonds. The molecular weight excluding hydrogens is 801 g/mol. The lowest BCUT2D eigenvalue weighted by Crippen LogP contribution is -2.49. The summed E-state index contributed by atoms with van der Waals surface area (Å²) < 4.78 is 36.1. The second-order valence-corrected chi connectivity index (χ2v) is 18.8. The number of nitrogens with zero attached hydrogens (tertiary/aromatic N) is 2. The highest BCUT2D eigenvalue weighted by molar-refractivity contribution is 6.01. The molecule has 4 aliphatic rings. The summed E-state index contributed by atoms with van der Waals surface area (Å²) >= 11 is 0. The summed E-state index contributed by atoms with van der Waals surface area (Å²) in [6.07, 6.45) is 12.1.